The Morgan fingerprint density at radius 3 is 2.70 bits per heavy atom. The third kappa shape index (κ3) is 3.61. The predicted octanol–water partition coefficient (Wildman–Crippen LogP) is 2.90. The Morgan fingerprint density at radius 2 is 2.05 bits per heavy atom. The second-order valence-electron chi connectivity index (χ2n) is 3.97. The number of hydrogen-bond donors (Lipinski definition) is 0. The number of ether oxygens (including phenoxy) is 1. The quantitative estimate of drug-likeness (QED) is 0.609. The predicted molar refractivity (Wildman–Crippen MR) is 81.5 cm³/mol. The molecular weight excluding hydrogens is 342 g/mol. The lowest BCUT2D eigenvalue weighted by Crippen LogP contribution is -2.07. The third-order valence-electron chi connectivity index (χ3n) is 2.56. The van der Waals surface area contributed by atoms with Gasteiger partial charge >= 0.3 is 5.97 Å². The Labute approximate surface area is 129 Å². The van der Waals surface area contributed by atoms with Crippen LogP contribution in [-0.4, -0.2) is 33.1 Å². The van der Waals surface area contributed by atoms with Gasteiger partial charge in [-0.1, -0.05) is 39.8 Å². The number of aromatic nitrogens is 3. The van der Waals surface area contributed by atoms with Crippen LogP contribution in [0.3, 0.4) is 0 Å². The van der Waals surface area contributed by atoms with Crippen molar-refractivity contribution in [3.8, 4) is 11.4 Å². The summed E-state index contributed by atoms with van der Waals surface area (Å²) in [5.74, 6) is 0.759. The fourth-order valence-electron chi connectivity index (χ4n) is 1.62. The van der Waals surface area contributed by atoms with Crippen molar-refractivity contribution in [2.24, 2.45) is 7.05 Å². The number of hydrogen-bond acceptors (Lipinski definition) is 5. The van der Waals surface area contributed by atoms with E-state index in [1.165, 1.54) is 11.8 Å². The maximum Gasteiger partial charge on any atom is 0.316 e. The summed E-state index contributed by atoms with van der Waals surface area (Å²) < 4.78 is 7.77. The molecule has 0 bridgehead atoms. The van der Waals surface area contributed by atoms with Crippen LogP contribution in [0.25, 0.3) is 11.4 Å². The van der Waals surface area contributed by atoms with Gasteiger partial charge in [-0.15, -0.1) is 10.2 Å². The van der Waals surface area contributed by atoms with Crippen molar-refractivity contribution in [3.05, 3.63) is 28.7 Å². The minimum absolute atomic E-state index is 0.236. The zero-order valence-corrected chi connectivity index (χ0v) is 13.6. The van der Waals surface area contributed by atoms with Crippen LogP contribution < -0.4 is 0 Å². The Balaban J connectivity index is 2.11. The average Bonchev–Trinajstić information content (AvgIpc) is 2.79. The molecule has 0 aliphatic heterocycles. The van der Waals surface area contributed by atoms with Gasteiger partial charge in [-0.3, -0.25) is 4.79 Å². The van der Waals surface area contributed by atoms with Gasteiger partial charge < -0.3 is 9.30 Å². The minimum atomic E-state index is -0.245. The van der Waals surface area contributed by atoms with Gasteiger partial charge in [0, 0.05) is 17.1 Å². The zero-order valence-electron chi connectivity index (χ0n) is 11.2. The molecule has 106 valence electrons. The van der Waals surface area contributed by atoms with Crippen LogP contribution in [0, 0.1) is 0 Å². The van der Waals surface area contributed by atoms with E-state index in [2.05, 4.69) is 26.1 Å². The first kappa shape index (κ1) is 15.1. The summed E-state index contributed by atoms with van der Waals surface area (Å²) in [7, 11) is 1.88. The molecule has 0 radical (unpaired) electrons. The molecule has 20 heavy (non-hydrogen) atoms. The van der Waals surface area contributed by atoms with E-state index < -0.39 is 0 Å². The largest absolute Gasteiger partial charge is 0.465 e. The van der Waals surface area contributed by atoms with Crippen LogP contribution in [0.4, 0.5) is 0 Å². The Bertz CT molecular complexity index is 598. The molecule has 2 rings (SSSR count). The second kappa shape index (κ2) is 6.90. The number of benzene rings is 1. The zero-order chi connectivity index (χ0) is 14.5. The number of thioether (sulfide) groups is 1. The number of rotatable bonds is 5. The highest BCUT2D eigenvalue weighted by Crippen LogP contribution is 2.23. The maximum atomic E-state index is 11.3. The Kier molecular flexibility index (Phi) is 5.19. The Hall–Kier alpha value is -1.34. The van der Waals surface area contributed by atoms with Crippen molar-refractivity contribution in [3.63, 3.8) is 0 Å². The number of nitrogens with zero attached hydrogens (tertiary/aromatic N) is 3. The smallest absolute Gasteiger partial charge is 0.316 e. The van der Waals surface area contributed by atoms with Crippen molar-refractivity contribution >= 4 is 33.7 Å². The molecular formula is C13H14BrN3O2S. The molecule has 0 unspecified atom stereocenters. The monoisotopic (exact) mass is 355 g/mol. The summed E-state index contributed by atoms with van der Waals surface area (Å²) in [4.78, 5) is 11.3. The number of carbonyl (C=O) groups excluding carboxylic acids is 1. The summed E-state index contributed by atoms with van der Waals surface area (Å²) >= 11 is 4.72. The van der Waals surface area contributed by atoms with Gasteiger partial charge in [-0.2, -0.15) is 0 Å². The third-order valence-corrected chi connectivity index (χ3v) is 4.08. The van der Waals surface area contributed by atoms with Crippen molar-refractivity contribution < 1.29 is 9.53 Å². The molecule has 0 saturated carbocycles. The van der Waals surface area contributed by atoms with E-state index in [1.807, 2.05) is 35.9 Å². The first-order chi connectivity index (χ1) is 9.61. The van der Waals surface area contributed by atoms with Gasteiger partial charge in [0.1, 0.15) is 0 Å². The van der Waals surface area contributed by atoms with E-state index in [0.29, 0.717) is 11.8 Å². The Morgan fingerprint density at radius 1 is 1.35 bits per heavy atom. The molecule has 1 aromatic heterocycles. The van der Waals surface area contributed by atoms with Crippen molar-refractivity contribution in [1.29, 1.82) is 0 Å². The van der Waals surface area contributed by atoms with Crippen LogP contribution in [-0.2, 0) is 16.6 Å². The molecule has 7 heteroatoms. The molecule has 0 aliphatic carbocycles. The first-order valence-corrected chi connectivity index (χ1v) is 7.83. The fourth-order valence-corrected chi connectivity index (χ4v) is 2.59. The van der Waals surface area contributed by atoms with E-state index in [9.17, 15) is 4.79 Å². The molecule has 1 aromatic carbocycles. The maximum absolute atomic E-state index is 11.3. The molecule has 0 saturated heterocycles. The molecule has 2 aromatic rings. The van der Waals surface area contributed by atoms with E-state index in [0.717, 1.165) is 15.9 Å². The standard InChI is InChI=1S/C13H14BrN3O2S/c1-3-19-11(18)8-20-13-16-15-12(17(13)2)9-4-6-10(14)7-5-9/h4-7H,3,8H2,1-2H3. The van der Waals surface area contributed by atoms with E-state index in [1.54, 1.807) is 6.92 Å². The molecule has 0 fully saturated rings. The van der Waals surface area contributed by atoms with Crippen LogP contribution in [0.5, 0.6) is 0 Å². The van der Waals surface area contributed by atoms with Gasteiger partial charge in [0.25, 0.3) is 0 Å². The number of carbonyl (C=O) groups is 1. The van der Waals surface area contributed by atoms with Gasteiger partial charge in [0.2, 0.25) is 0 Å². The summed E-state index contributed by atoms with van der Waals surface area (Å²) in [6.45, 7) is 2.18. The minimum Gasteiger partial charge on any atom is -0.465 e. The van der Waals surface area contributed by atoms with Crippen molar-refractivity contribution in [2.75, 3.05) is 12.4 Å². The lowest BCUT2D eigenvalue weighted by atomic mass is 10.2. The highest BCUT2D eigenvalue weighted by molar-refractivity contribution is 9.10. The van der Waals surface area contributed by atoms with Crippen LogP contribution in [0.1, 0.15) is 6.92 Å². The molecule has 0 N–H and O–H groups in total. The molecule has 0 spiro atoms. The first-order valence-electron chi connectivity index (χ1n) is 6.05. The fraction of sp³-hybridized carbons (Fsp3) is 0.308. The number of esters is 1. The van der Waals surface area contributed by atoms with Gasteiger partial charge in [0.05, 0.1) is 12.4 Å². The number of halogens is 1. The molecule has 5 nitrogen and oxygen atoms in total. The van der Waals surface area contributed by atoms with E-state index in [4.69, 9.17) is 4.74 Å². The lowest BCUT2D eigenvalue weighted by Gasteiger charge is -2.04. The highest BCUT2D eigenvalue weighted by atomic mass is 79.9. The summed E-state index contributed by atoms with van der Waals surface area (Å²) in [5, 5.41) is 8.96. The SMILES string of the molecule is CCOC(=O)CSc1nnc(-c2ccc(Br)cc2)n1C. The van der Waals surface area contributed by atoms with Gasteiger partial charge in [0.15, 0.2) is 11.0 Å². The van der Waals surface area contributed by atoms with Gasteiger partial charge in [-0.05, 0) is 19.1 Å². The van der Waals surface area contributed by atoms with Crippen LogP contribution in [0.2, 0.25) is 0 Å². The van der Waals surface area contributed by atoms with Gasteiger partial charge in [-0.25, -0.2) is 0 Å². The normalized spacial score (nSPS) is 10.6. The summed E-state index contributed by atoms with van der Waals surface area (Å²) in [6.07, 6.45) is 0. The van der Waals surface area contributed by atoms with Crippen LogP contribution >= 0.6 is 27.7 Å². The second-order valence-corrected chi connectivity index (χ2v) is 5.82. The highest BCUT2D eigenvalue weighted by Gasteiger charge is 2.13. The summed E-state index contributed by atoms with van der Waals surface area (Å²) in [5.41, 5.74) is 0.978. The van der Waals surface area contributed by atoms with E-state index in [-0.39, 0.29) is 11.7 Å². The van der Waals surface area contributed by atoms with Crippen molar-refractivity contribution in [2.45, 2.75) is 12.1 Å². The molecule has 0 aliphatic rings. The van der Waals surface area contributed by atoms with Crippen LogP contribution in [0.15, 0.2) is 33.9 Å². The molecule has 1 heterocycles. The lowest BCUT2D eigenvalue weighted by molar-refractivity contribution is -0.139. The molecule has 0 amide bonds. The molecule has 0 atom stereocenters. The topological polar surface area (TPSA) is 57.0 Å². The van der Waals surface area contributed by atoms with E-state index >= 15 is 0 Å². The average molecular weight is 356 g/mol. The summed E-state index contributed by atoms with van der Waals surface area (Å²) in [6, 6.07) is 7.84. The van der Waals surface area contributed by atoms with Crippen molar-refractivity contribution in [1.82, 2.24) is 14.8 Å².